The van der Waals surface area contributed by atoms with Crippen LogP contribution < -0.4 is 9.47 Å². The maximum atomic E-state index is 12.2. The topological polar surface area (TPSA) is 55.1 Å². The Morgan fingerprint density at radius 1 is 1.39 bits per heavy atom. The third-order valence-electron chi connectivity index (χ3n) is 1.92. The van der Waals surface area contributed by atoms with Crippen LogP contribution >= 0.6 is 11.6 Å². The zero-order valence-electron chi connectivity index (χ0n) is 9.21. The largest absolute Gasteiger partial charge is 0.573 e. The van der Waals surface area contributed by atoms with E-state index in [9.17, 15) is 13.2 Å². The van der Waals surface area contributed by atoms with Crippen LogP contribution in [0.1, 0.15) is 11.4 Å². The normalized spacial score (nSPS) is 10.9. The number of nitrogens with zero attached hydrogens (tertiary/aromatic N) is 2. The molecule has 0 atom stereocenters. The summed E-state index contributed by atoms with van der Waals surface area (Å²) >= 11 is 5.50. The molecule has 0 bridgehead atoms. The van der Waals surface area contributed by atoms with Gasteiger partial charge in [-0.3, -0.25) is 0 Å². The summed E-state index contributed by atoms with van der Waals surface area (Å²) < 4.78 is 45.1. The van der Waals surface area contributed by atoms with Gasteiger partial charge >= 0.3 is 6.36 Å². The van der Waals surface area contributed by atoms with Crippen LogP contribution in [0.25, 0.3) is 0 Å². The first-order valence-electron chi connectivity index (χ1n) is 4.66. The van der Waals surface area contributed by atoms with Crippen molar-refractivity contribution < 1.29 is 22.6 Å². The minimum atomic E-state index is -4.84. The van der Waals surface area contributed by atoms with Gasteiger partial charge in [0.05, 0.1) is 36.9 Å². The van der Waals surface area contributed by atoms with Crippen molar-refractivity contribution in [2.75, 3.05) is 7.11 Å². The van der Waals surface area contributed by atoms with Crippen molar-refractivity contribution in [3.05, 3.63) is 17.5 Å². The van der Waals surface area contributed by atoms with Gasteiger partial charge in [0.15, 0.2) is 5.75 Å². The van der Waals surface area contributed by atoms with Gasteiger partial charge < -0.3 is 9.47 Å². The maximum absolute atomic E-state index is 12.2. The van der Waals surface area contributed by atoms with E-state index in [4.69, 9.17) is 21.6 Å². The molecule has 0 fully saturated rings. The van der Waals surface area contributed by atoms with Gasteiger partial charge in [0.25, 0.3) is 0 Å². The highest BCUT2D eigenvalue weighted by Crippen LogP contribution is 2.31. The Hall–Kier alpha value is -1.68. The zero-order valence-corrected chi connectivity index (χ0v) is 9.97. The van der Waals surface area contributed by atoms with Crippen LogP contribution in [0.2, 0.25) is 0 Å². The summed E-state index contributed by atoms with van der Waals surface area (Å²) in [6.45, 7) is 0. The molecular formula is C10H8ClF3N2O2. The third-order valence-corrected chi connectivity index (χ3v) is 2.17. The molecule has 1 aromatic rings. The van der Waals surface area contributed by atoms with Crippen molar-refractivity contribution in [2.45, 2.75) is 18.7 Å². The van der Waals surface area contributed by atoms with Gasteiger partial charge in [0, 0.05) is 6.07 Å². The number of halogens is 4. The van der Waals surface area contributed by atoms with E-state index in [0.29, 0.717) is 0 Å². The molecule has 0 aliphatic carbocycles. The van der Waals surface area contributed by atoms with E-state index in [1.54, 1.807) is 0 Å². The number of ether oxygens (including phenoxy) is 2. The Morgan fingerprint density at radius 3 is 2.50 bits per heavy atom. The molecule has 0 aromatic carbocycles. The molecule has 0 saturated carbocycles. The SMILES string of the molecule is COc1cc(OC(F)(F)F)c(CCl)nc1CC#N. The van der Waals surface area contributed by atoms with Crippen molar-refractivity contribution in [1.29, 1.82) is 5.26 Å². The molecule has 0 saturated heterocycles. The quantitative estimate of drug-likeness (QED) is 0.796. The number of methoxy groups -OCH3 is 1. The minimum absolute atomic E-state index is 0.0460. The Balaban J connectivity index is 3.22. The number of nitriles is 1. The van der Waals surface area contributed by atoms with Crippen LogP contribution in [0.4, 0.5) is 13.2 Å². The van der Waals surface area contributed by atoms with Gasteiger partial charge in [-0.15, -0.1) is 24.8 Å². The molecule has 0 N–H and O–H groups in total. The lowest BCUT2D eigenvalue weighted by Gasteiger charge is -2.14. The third kappa shape index (κ3) is 3.67. The predicted molar refractivity (Wildman–Crippen MR) is 56.3 cm³/mol. The fourth-order valence-electron chi connectivity index (χ4n) is 1.25. The highest BCUT2D eigenvalue weighted by atomic mass is 35.5. The average Bonchev–Trinajstić information content (AvgIpc) is 2.28. The molecule has 0 spiro atoms. The first kappa shape index (κ1) is 14.4. The number of alkyl halides is 4. The number of hydrogen-bond donors (Lipinski definition) is 0. The van der Waals surface area contributed by atoms with Crippen LogP contribution in [-0.4, -0.2) is 18.5 Å². The molecule has 0 aliphatic heterocycles. The van der Waals surface area contributed by atoms with Crippen LogP contribution in [0.15, 0.2) is 6.07 Å². The molecule has 4 nitrogen and oxygen atoms in total. The van der Waals surface area contributed by atoms with Crippen LogP contribution in [-0.2, 0) is 12.3 Å². The highest BCUT2D eigenvalue weighted by molar-refractivity contribution is 6.17. The van der Waals surface area contributed by atoms with Gasteiger partial charge in [-0.2, -0.15) is 5.26 Å². The van der Waals surface area contributed by atoms with E-state index in [-0.39, 0.29) is 29.4 Å². The Bertz CT molecular complexity index is 471. The Labute approximate surface area is 106 Å². The molecule has 18 heavy (non-hydrogen) atoms. The van der Waals surface area contributed by atoms with Crippen LogP contribution in [0.3, 0.4) is 0 Å². The molecular weight excluding hydrogens is 273 g/mol. The van der Waals surface area contributed by atoms with Crippen molar-refractivity contribution in [3.63, 3.8) is 0 Å². The number of hydrogen-bond acceptors (Lipinski definition) is 4. The summed E-state index contributed by atoms with van der Waals surface area (Å²) in [5.41, 5.74) is 0.116. The predicted octanol–water partition coefficient (Wildman–Crippen LogP) is 2.79. The summed E-state index contributed by atoms with van der Waals surface area (Å²) in [6, 6.07) is 2.85. The van der Waals surface area contributed by atoms with Gasteiger partial charge in [-0.1, -0.05) is 0 Å². The maximum Gasteiger partial charge on any atom is 0.573 e. The summed E-state index contributed by atoms with van der Waals surface area (Å²) in [4.78, 5) is 3.83. The molecule has 1 aromatic heterocycles. The van der Waals surface area contributed by atoms with E-state index in [1.165, 1.54) is 7.11 Å². The van der Waals surface area contributed by atoms with Gasteiger partial charge in [-0.25, -0.2) is 4.98 Å². The van der Waals surface area contributed by atoms with Crippen molar-refractivity contribution in [2.24, 2.45) is 0 Å². The summed E-state index contributed by atoms with van der Waals surface area (Å²) in [6.07, 6.45) is -4.94. The molecule has 0 radical (unpaired) electrons. The molecule has 0 amide bonds. The summed E-state index contributed by atoms with van der Waals surface area (Å²) in [5, 5.41) is 8.57. The molecule has 1 rings (SSSR count). The highest BCUT2D eigenvalue weighted by Gasteiger charge is 2.33. The molecule has 0 aliphatic rings. The zero-order chi connectivity index (χ0) is 13.8. The van der Waals surface area contributed by atoms with E-state index in [1.807, 2.05) is 6.07 Å². The van der Waals surface area contributed by atoms with Gasteiger partial charge in [0.2, 0.25) is 0 Å². The molecule has 0 unspecified atom stereocenters. The second-order valence-corrected chi connectivity index (χ2v) is 3.37. The first-order chi connectivity index (χ1) is 8.41. The van der Waals surface area contributed by atoms with E-state index >= 15 is 0 Å². The summed E-state index contributed by atoms with van der Waals surface area (Å²) in [7, 11) is 1.26. The lowest BCUT2D eigenvalue weighted by molar-refractivity contribution is -0.275. The molecule has 1 heterocycles. The standard InChI is InChI=1S/C10H8ClF3N2O2/c1-17-8-4-9(18-10(12,13)14)7(5-11)16-6(8)2-3-15/h4H,2,5H2,1H3. The van der Waals surface area contributed by atoms with Crippen molar-refractivity contribution in [3.8, 4) is 17.6 Å². The van der Waals surface area contributed by atoms with Crippen molar-refractivity contribution in [1.82, 2.24) is 4.98 Å². The fourth-order valence-corrected chi connectivity index (χ4v) is 1.44. The Morgan fingerprint density at radius 2 is 2.06 bits per heavy atom. The lowest BCUT2D eigenvalue weighted by atomic mass is 10.2. The monoisotopic (exact) mass is 280 g/mol. The number of rotatable bonds is 4. The Kier molecular flexibility index (Phi) is 4.62. The van der Waals surface area contributed by atoms with Crippen molar-refractivity contribution >= 4 is 11.6 Å². The smallest absolute Gasteiger partial charge is 0.495 e. The second kappa shape index (κ2) is 5.78. The molecule has 8 heteroatoms. The molecule has 98 valence electrons. The number of aromatic nitrogens is 1. The lowest BCUT2D eigenvalue weighted by Crippen LogP contribution is -2.18. The van der Waals surface area contributed by atoms with Gasteiger partial charge in [-0.05, 0) is 0 Å². The number of pyridine rings is 1. The average molecular weight is 281 g/mol. The summed E-state index contributed by atoms with van der Waals surface area (Å²) in [5.74, 6) is -0.755. The van der Waals surface area contributed by atoms with Crippen LogP contribution in [0.5, 0.6) is 11.5 Å². The second-order valence-electron chi connectivity index (χ2n) is 3.10. The minimum Gasteiger partial charge on any atom is -0.495 e. The van der Waals surface area contributed by atoms with Gasteiger partial charge in [0.1, 0.15) is 5.75 Å². The fraction of sp³-hybridized carbons (Fsp3) is 0.400. The van der Waals surface area contributed by atoms with E-state index in [0.717, 1.165) is 6.07 Å². The first-order valence-corrected chi connectivity index (χ1v) is 5.20. The van der Waals surface area contributed by atoms with E-state index in [2.05, 4.69) is 9.72 Å². The van der Waals surface area contributed by atoms with Crippen LogP contribution in [0, 0.1) is 11.3 Å². The van der Waals surface area contributed by atoms with E-state index < -0.39 is 12.1 Å².